The number of hydrogen-bond donors (Lipinski definition) is 3. The third-order valence-corrected chi connectivity index (χ3v) is 5.44. The lowest BCUT2D eigenvalue weighted by Crippen LogP contribution is -2.30. The van der Waals surface area contributed by atoms with Gasteiger partial charge in [0, 0.05) is 7.05 Å². The predicted octanol–water partition coefficient (Wildman–Crippen LogP) is 2.01. The Hall–Kier alpha value is -4.18. The second-order valence-corrected chi connectivity index (χ2v) is 7.94. The number of rotatable bonds is 8. The molecule has 0 aliphatic heterocycles. The van der Waals surface area contributed by atoms with Crippen LogP contribution in [0.3, 0.4) is 0 Å². The van der Waals surface area contributed by atoms with E-state index in [9.17, 15) is 14.7 Å². The minimum atomic E-state index is -0.964. The maximum Gasteiger partial charge on any atom is 0.329 e. The van der Waals surface area contributed by atoms with E-state index in [1.165, 1.54) is 16.2 Å². The molecule has 0 radical (unpaired) electrons. The van der Waals surface area contributed by atoms with Crippen molar-refractivity contribution in [3.63, 3.8) is 0 Å². The maximum absolute atomic E-state index is 12.6. The lowest BCUT2D eigenvalue weighted by atomic mass is 10.1. The zero-order valence-electron chi connectivity index (χ0n) is 19.1. The molecule has 1 unspecified atom stereocenters. The zero-order chi connectivity index (χ0) is 24.2. The molecule has 2 heterocycles. The normalized spacial score (nSPS) is 12.6. The number of hydrazone groups is 1. The van der Waals surface area contributed by atoms with E-state index in [4.69, 9.17) is 4.74 Å². The Morgan fingerprint density at radius 2 is 1.88 bits per heavy atom. The number of nitrogens with zero attached hydrogens (tertiary/aromatic N) is 4. The number of para-hydroxylation sites is 1. The van der Waals surface area contributed by atoms with Gasteiger partial charge in [0.2, 0.25) is 5.95 Å². The summed E-state index contributed by atoms with van der Waals surface area (Å²) in [6.45, 7) is 3.74. The van der Waals surface area contributed by atoms with Crippen LogP contribution in [-0.4, -0.2) is 42.6 Å². The molecule has 2 aromatic carbocycles. The van der Waals surface area contributed by atoms with Crippen LogP contribution >= 0.6 is 0 Å². The van der Waals surface area contributed by atoms with E-state index in [0.717, 1.165) is 11.1 Å². The summed E-state index contributed by atoms with van der Waals surface area (Å²) in [5.74, 6) is 0.880. The molecular formula is C24H26N6O4. The maximum atomic E-state index is 12.6. The molecule has 1 atom stereocenters. The van der Waals surface area contributed by atoms with Gasteiger partial charge in [-0.05, 0) is 31.0 Å². The van der Waals surface area contributed by atoms with Gasteiger partial charge < -0.3 is 14.4 Å². The van der Waals surface area contributed by atoms with Crippen LogP contribution in [0.4, 0.5) is 5.95 Å². The summed E-state index contributed by atoms with van der Waals surface area (Å²) in [4.78, 5) is 31.4. The van der Waals surface area contributed by atoms with Crippen LogP contribution in [0, 0.1) is 6.92 Å². The Balaban J connectivity index is 1.66. The van der Waals surface area contributed by atoms with Crippen molar-refractivity contribution in [2.45, 2.75) is 26.5 Å². The molecular weight excluding hydrogens is 436 g/mol. The van der Waals surface area contributed by atoms with Gasteiger partial charge in [0.1, 0.15) is 18.5 Å². The van der Waals surface area contributed by atoms with Crippen LogP contribution < -0.4 is 21.4 Å². The van der Waals surface area contributed by atoms with Crippen LogP contribution in [-0.2, 0) is 13.6 Å². The SMILES string of the molecule is C/C(=N\Nc1nc2c(c(=O)[nH]c(=O)n2C)n1CC(O)COc1ccccc1C)c1ccccc1. The number of benzene rings is 2. The van der Waals surface area contributed by atoms with Gasteiger partial charge in [0.15, 0.2) is 11.2 Å². The lowest BCUT2D eigenvalue weighted by molar-refractivity contribution is 0.0935. The van der Waals surface area contributed by atoms with E-state index >= 15 is 0 Å². The van der Waals surface area contributed by atoms with Crippen molar-refractivity contribution in [2.75, 3.05) is 12.0 Å². The summed E-state index contributed by atoms with van der Waals surface area (Å²) in [6, 6.07) is 17.1. The molecule has 4 rings (SSSR count). The van der Waals surface area contributed by atoms with Gasteiger partial charge in [-0.1, -0.05) is 48.5 Å². The lowest BCUT2D eigenvalue weighted by Gasteiger charge is -2.16. The number of nitrogens with one attached hydrogen (secondary N) is 2. The Morgan fingerprint density at radius 1 is 1.18 bits per heavy atom. The third-order valence-electron chi connectivity index (χ3n) is 5.44. The van der Waals surface area contributed by atoms with E-state index in [2.05, 4.69) is 20.5 Å². The van der Waals surface area contributed by atoms with Gasteiger partial charge in [-0.15, -0.1) is 0 Å². The van der Waals surface area contributed by atoms with Crippen LogP contribution in [0.15, 0.2) is 69.3 Å². The highest BCUT2D eigenvalue weighted by molar-refractivity contribution is 5.99. The quantitative estimate of drug-likeness (QED) is 0.272. The zero-order valence-corrected chi connectivity index (χ0v) is 19.1. The monoisotopic (exact) mass is 462 g/mol. The average molecular weight is 463 g/mol. The van der Waals surface area contributed by atoms with Crippen LogP contribution in [0.1, 0.15) is 18.1 Å². The van der Waals surface area contributed by atoms with Crippen molar-refractivity contribution in [1.82, 2.24) is 19.1 Å². The first kappa shape index (κ1) is 23.0. The minimum absolute atomic E-state index is 0.0000530. The summed E-state index contributed by atoms with van der Waals surface area (Å²) in [5.41, 5.74) is 4.58. The first-order valence-electron chi connectivity index (χ1n) is 10.8. The van der Waals surface area contributed by atoms with Gasteiger partial charge in [-0.2, -0.15) is 10.1 Å². The molecule has 0 aliphatic carbocycles. The fraction of sp³-hybridized carbons (Fsp3) is 0.250. The number of fused-ring (bicyclic) bond motifs is 1. The fourth-order valence-electron chi connectivity index (χ4n) is 3.54. The Kier molecular flexibility index (Phi) is 6.60. The first-order chi connectivity index (χ1) is 16.3. The van der Waals surface area contributed by atoms with Gasteiger partial charge in [-0.25, -0.2) is 10.2 Å². The first-order valence-corrected chi connectivity index (χ1v) is 10.8. The standard InChI is InChI=1S/C24H26N6O4/c1-15-9-7-8-12-19(15)34-14-18(31)13-30-20-21(29(3)24(33)26-22(20)32)25-23(30)28-27-16(2)17-10-5-4-6-11-17/h4-12,18,31H,13-14H2,1-3H3,(H,25,28)(H,26,32,33)/b27-16+. The van der Waals surface area contributed by atoms with E-state index < -0.39 is 17.4 Å². The summed E-state index contributed by atoms with van der Waals surface area (Å²) in [6.07, 6.45) is -0.964. The molecule has 0 spiro atoms. The van der Waals surface area contributed by atoms with E-state index in [-0.39, 0.29) is 30.3 Å². The largest absolute Gasteiger partial charge is 0.491 e. The number of imidazole rings is 1. The number of anilines is 1. The minimum Gasteiger partial charge on any atom is -0.491 e. The van der Waals surface area contributed by atoms with E-state index in [0.29, 0.717) is 11.5 Å². The van der Waals surface area contributed by atoms with Gasteiger partial charge in [0.25, 0.3) is 5.56 Å². The molecule has 176 valence electrons. The predicted molar refractivity (Wildman–Crippen MR) is 131 cm³/mol. The van der Waals surface area contributed by atoms with Gasteiger partial charge >= 0.3 is 5.69 Å². The molecule has 3 N–H and O–H groups in total. The highest BCUT2D eigenvalue weighted by Crippen LogP contribution is 2.19. The molecule has 2 aromatic heterocycles. The van der Waals surface area contributed by atoms with Crippen LogP contribution in [0.2, 0.25) is 0 Å². The average Bonchev–Trinajstić information content (AvgIpc) is 3.19. The molecule has 0 bridgehead atoms. The number of aromatic amines is 1. The molecule has 0 aliphatic rings. The summed E-state index contributed by atoms with van der Waals surface area (Å²) in [5, 5.41) is 15.1. The second kappa shape index (κ2) is 9.75. The summed E-state index contributed by atoms with van der Waals surface area (Å²) >= 11 is 0. The highest BCUT2D eigenvalue weighted by atomic mass is 16.5. The van der Waals surface area contributed by atoms with Crippen LogP contribution in [0.5, 0.6) is 5.75 Å². The molecule has 0 fully saturated rings. The number of aliphatic hydroxyl groups excluding tert-OH is 1. The van der Waals surface area contributed by atoms with Crippen molar-refractivity contribution in [2.24, 2.45) is 12.1 Å². The summed E-state index contributed by atoms with van der Waals surface area (Å²) in [7, 11) is 1.51. The molecule has 0 saturated carbocycles. The van der Waals surface area contributed by atoms with E-state index in [1.54, 1.807) is 0 Å². The Morgan fingerprint density at radius 3 is 2.62 bits per heavy atom. The van der Waals surface area contributed by atoms with Crippen molar-refractivity contribution in [3.8, 4) is 5.75 Å². The van der Waals surface area contributed by atoms with Crippen molar-refractivity contribution >= 4 is 22.8 Å². The molecule has 4 aromatic rings. The Bertz CT molecular complexity index is 1450. The van der Waals surface area contributed by atoms with Gasteiger partial charge in [-0.3, -0.25) is 14.3 Å². The smallest absolute Gasteiger partial charge is 0.329 e. The highest BCUT2D eigenvalue weighted by Gasteiger charge is 2.20. The summed E-state index contributed by atoms with van der Waals surface area (Å²) < 4.78 is 8.50. The van der Waals surface area contributed by atoms with Crippen molar-refractivity contribution < 1.29 is 9.84 Å². The fourth-order valence-corrected chi connectivity index (χ4v) is 3.54. The van der Waals surface area contributed by atoms with Gasteiger partial charge in [0.05, 0.1) is 12.3 Å². The Labute approximate surface area is 195 Å². The third kappa shape index (κ3) is 4.76. The molecule has 10 nitrogen and oxygen atoms in total. The molecule has 0 amide bonds. The number of aryl methyl sites for hydroxylation is 2. The number of aliphatic hydroxyl groups is 1. The topological polar surface area (TPSA) is 127 Å². The molecule has 0 saturated heterocycles. The second-order valence-electron chi connectivity index (χ2n) is 7.94. The molecule has 34 heavy (non-hydrogen) atoms. The van der Waals surface area contributed by atoms with Crippen molar-refractivity contribution in [3.05, 3.63) is 86.6 Å². The van der Waals surface area contributed by atoms with Crippen LogP contribution in [0.25, 0.3) is 11.2 Å². The number of H-pyrrole nitrogens is 1. The van der Waals surface area contributed by atoms with E-state index in [1.807, 2.05) is 68.4 Å². The van der Waals surface area contributed by atoms with Crippen molar-refractivity contribution in [1.29, 1.82) is 0 Å². The number of hydrogen-bond acceptors (Lipinski definition) is 7. The number of ether oxygens (including phenoxy) is 1. The molecule has 10 heteroatoms. The number of aromatic nitrogens is 4.